The average molecular weight is 307 g/mol. The SMILES string of the molecule is CCCn1c(CN2CCCNCC2)nc2ccc(Cl)cc21. The Morgan fingerprint density at radius 3 is 3.05 bits per heavy atom. The molecule has 3 rings (SSSR count). The standard InChI is InChI=1S/C16H23ClN4/c1-2-8-21-15-11-13(17)4-5-14(15)19-16(21)12-20-9-3-6-18-7-10-20/h4-5,11,18H,2-3,6-10,12H2,1H3. The number of aryl methyl sites for hydroxylation is 1. The first-order valence-electron chi connectivity index (χ1n) is 7.85. The zero-order valence-corrected chi connectivity index (χ0v) is 13.4. The number of benzene rings is 1. The van der Waals surface area contributed by atoms with Gasteiger partial charge in [0, 0.05) is 24.7 Å². The van der Waals surface area contributed by atoms with Crippen LogP contribution in [0.25, 0.3) is 11.0 Å². The Bertz CT molecular complexity index is 600. The van der Waals surface area contributed by atoms with Crippen molar-refractivity contribution in [3.63, 3.8) is 0 Å². The second kappa shape index (κ2) is 6.77. The van der Waals surface area contributed by atoms with Crippen LogP contribution in [0.1, 0.15) is 25.6 Å². The zero-order valence-electron chi connectivity index (χ0n) is 12.6. The van der Waals surface area contributed by atoms with E-state index >= 15 is 0 Å². The molecule has 1 aromatic carbocycles. The third kappa shape index (κ3) is 3.39. The van der Waals surface area contributed by atoms with Crippen LogP contribution in [0.5, 0.6) is 0 Å². The van der Waals surface area contributed by atoms with Crippen molar-refractivity contribution in [2.45, 2.75) is 32.9 Å². The summed E-state index contributed by atoms with van der Waals surface area (Å²) < 4.78 is 2.33. The third-order valence-corrected chi connectivity index (χ3v) is 4.27. The molecule has 1 aliphatic rings. The van der Waals surface area contributed by atoms with Crippen LogP contribution in [-0.2, 0) is 13.1 Å². The summed E-state index contributed by atoms with van der Waals surface area (Å²) >= 11 is 6.15. The molecule has 0 radical (unpaired) electrons. The fourth-order valence-corrected chi connectivity index (χ4v) is 3.17. The van der Waals surface area contributed by atoms with E-state index in [9.17, 15) is 0 Å². The summed E-state index contributed by atoms with van der Waals surface area (Å²) in [5.41, 5.74) is 2.21. The highest BCUT2D eigenvalue weighted by Crippen LogP contribution is 2.22. The molecule has 0 saturated carbocycles. The van der Waals surface area contributed by atoms with Gasteiger partial charge in [-0.3, -0.25) is 4.90 Å². The number of fused-ring (bicyclic) bond motifs is 1. The molecular weight excluding hydrogens is 284 g/mol. The lowest BCUT2D eigenvalue weighted by atomic mass is 10.3. The molecule has 5 heteroatoms. The van der Waals surface area contributed by atoms with Crippen molar-refractivity contribution in [2.75, 3.05) is 26.2 Å². The van der Waals surface area contributed by atoms with E-state index in [4.69, 9.17) is 16.6 Å². The predicted molar refractivity (Wildman–Crippen MR) is 87.8 cm³/mol. The highest BCUT2D eigenvalue weighted by molar-refractivity contribution is 6.31. The van der Waals surface area contributed by atoms with Gasteiger partial charge in [-0.05, 0) is 44.1 Å². The average Bonchev–Trinajstić information content (AvgIpc) is 2.66. The topological polar surface area (TPSA) is 33.1 Å². The molecule has 0 spiro atoms. The quantitative estimate of drug-likeness (QED) is 0.943. The Labute approximate surface area is 131 Å². The lowest BCUT2D eigenvalue weighted by Crippen LogP contribution is -2.29. The summed E-state index contributed by atoms with van der Waals surface area (Å²) in [7, 11) is 0. The Morgan fingerprint density at radius 1 is 1.29 bits per heavy atom. The van der Waals surface area contributed by atoms with Crippen LogP contribution in [-0.4, -0.2) is 40.6 Å². The van der Waals surface area contributed by atoms with Gasteiger partial charge in [0.1, 0.15) is 5.82 Å². The fraction of sp³-hybridized carbons (Fsp3) is 0.562. The maximum atomic E-state index is 6.15. The first kappa shape index (κ1) is 14.8. The Morgan fingerprint density at radius 2 is 2.19 bits per heavy atom. The van der Waals surface area contributed by atoms with Crippen molar-refractivity contribution in [1.29, 1.82) is 0 Å². The predicted octanol–water partition coefficient (Wildman–Crippen LogP) is 2.90. The first-order valence-corrected chi connectivity index (χ1v) is 8.23. The van der Waals surface area contributed by atoms with Gasteiger partial charge >= 0.3 is 0 Å². The molecule has 0 atom stereocenters. The lowest BCUT2D eigenvalue weighted by Gasteiger charge is -2.19. The monoisotopic (exact) mass is 306 g/mol. The molecular formula is C16H23ClN4. The number of aromatic nitrogens is 2. The van der Waals surface area contributed by atoms with Crippen LogP contribution in [0.3, 0.4) is 0 Å². The van der Waals surface area contributed by atoms with Crippen molar-refractivity contribution >= 4 is 22.6 Å². The Kier molecular flexibility index (Phi) is 4.78. The van der Waals surface area contributed by atoms with Gasteiger partial charge in [0.25, 0.3) is 0 Å². The maximum absolute atomic E-state index is 6.15. The number of halogens is 1. The maximum Gasteiger partial charge on any atom is 0.124 e. The van der Waals surface area contributed by atoms with Crippen LogP contribution in [0, 0.1) is 0 Å². The van der Waals surface area contributed by atoms with E-state index in [1.165, 1.54) is 6.42 Å². The van der Waals surface area contributed by atoms with Gasteiger partial charge in [-0.2, -0.15) is 0 Å². The smallest absolute Gasteiger partial charge is 0.124 e. The summed E-state index contributed by atoms with van der Waals surface area (Å²) in [4.78, 5) is 7.33. The van der Waals surface area contributed by atoms with E-state index in [-0.39, 0.29) is 0 Å². The molecule has 0 bridgehead atoms. The highest BCUT2D eigenvalue weighted by Gasteiger charge is 2.15. The van der Waals surface area contributed by atoms with Gasteiger partial charge < -0.3 is 9.88 Å². The van der Waals surface area contributed by atoms with E-state index in [1.807, 2.05) is 18.2 Å². The second-order valence-electron chi connectivity index (χ2n) is 5.69. The van der Waals surface area contributed by atoms with Crippen molar-refractivity contribution in [3.8, 4) is 0 Å². The molecule has 0 unspecified atom stereocenters. The van der Waals surface area contributed by atoms with Gasteiger partial charge in [0.2, 0.25) is 0 Å². The molecule has 1 aromatic heterocycles. The van der Waals surface area contributed by atoms with Gasteiger partial charge in [0.05, 0.1) is 17.6 Å². The normalized spacial score (nSPS) is 17.2. The molecule has 114 valence electrons. The summed E-state index contributed by atoms with van der Waals surface area (Å²) in [6.45, 7) is 8.55. The number of hydrogen-bond donors (Lipinski definition) is 1. The Balaban J connectivity index is 1.90. The van der Waals surface area contributed by atoms with E-state index in [2.05, 4.69) is 21.7 Å². The molecule has 1 aliphatic heterocycles. The van der Waals surface area contributed by atoms with Gasteiger partial charge in [-0.1, -0.05) is 18.5 Å². The number of rotatable bonds is 4. The number of imidazole rings is 1. The largest absolute Gasteiger partial charge is 0.327 e. The second-order valence-corrected chi connectivity index (χ2v) is 6.13. The van der Waals surface area contributed by atoms with Crippen molar-refractivity contribution < 1.29 is 0 Å². The fourth-order valence-electron chi connectivity index (χ4n) is 3.00. The van der Waals surface area contributed by atoms with Crippen molar-refractivity contribution in [1.82, 2.24) is 19.8 Å². The van der Waals surface area contributed by atoms with Crippen LogP contribution < -0.4 is 5.32 Å². The molecule has 1 N–H and O–H groups in total. The van der Waals surface area contributed by atoms with E-state index in [1.54, 1.807) is 0 Å². The molecule has 21 heavy (non-hydrogen) atoms. The van der Waals surface area contributed by atoms with Gasteiger partial charge in [-0.25, -0.2) is 4.98 Å². The van der Waals surface area contributed by atoms with E-state index in [0.29, 0.717) is 0 Å². The van der Waals surface area contributed by atoms with Gasteiger partial charge in [-0.15, -0.1) is 0 Å². The minimum atomic E-state index is 0.783. The number of hydrogen-bond acceptors (Lipinski definition) is 3. The summed E-state index contributed by atoms with van der Waals surface area (Å²) in [5, 5.41) is 4.23. The van der Waals surface area contributed by atoms with Crippen molar-refractivity contribution in [2.24, 2.45) is 0 Å². The molecule has 2 aromatic rings. The third-order valence-electron chi connectivity index (χ3n) is 4.03. The summed E-state index contributed by atoms with van der Waals surface area (Å²) in [6, 6.07) is 5.98. The molecule has 2 heterocycles. The molecule has 1 saturated heterocycles. The van der Waals surface area contributed by atoms with E-state index in [0.717, 1.165) is 67.6 Å². The molecule has 1 fully saturated rings. The number of nitrogens with zero attached hydrogens (tertiary/aromatic N) is 3. The van der Waals surface area contributed by atoms with Crippen LogP contribution >= 0.6 is 11.6 Å². The zero-order chi connectivity index (χ0) is 14.7. The minimum Gasteiger partial charge on any atom is -0.327 e. The van der Waals surface area contributed by atoms with Crippen LogP contribution in [0.2, 0.25) is 5.02 Å². The Hall–Kier alpha value is -1.10. The summed E-state index contributed by atoms with van der Waals surface area (Å²) in [6.07, 6.45) is 2.31. The van der Waals surface area contributed by atoms with Crippen LogP contribution in [0.15, 0.2) is 18.2 Å². The molecule has 4 nitrogen and oxygen atoms in total. The number of nitrogens with one attached hydrogen (secondary N) is 1. The minimum absolute atomic E-state index is 0.783. The highest BCUT2D eigenvalue weighted by atomic mass is 35.5. The molecule has 0 aliphatic carbocycles. The first-order chi connectivity index (χ1) is 10.3. The van der Waals surface area contributed by atoms with Gasteiger partial charge in [0.15, 0.2) is 0 Å². The lowest BCUT2D eigenvalue weighted by molar-refractivity contribution is 0.273. The van der Waals surface area contributed by atoms with Crippen LogP contribution in [0.4, 0.5) is 0 Å². The summed E-state index contributed by atoms with van der Waals surface area (Å²) in [5.74, 6) is 1.16. The van der Waals surface area contributed by atoms with Crippen molar-refractivity contribution in [3.05, 3.63) is 29.0 Å². The molecule has 0 amide bonds. The van der Waals surface area contributed by atoms with E-state index < -0.39 is 0 Å².